The number of likely N-dealkylation sites (N-methyl/N-ethyl adjacent to an activating group) is 1. The smallest absolute Gasteiger partial charge is 0.234 e. The fourth-order valence-corrected chi connectivity index (χ4v) is 5.92. The Morgan fingerprint density at radius 2 is 2.03 bits per heavy atom. The van der Waals surface area contributed by atoms with E-state index in [-0.39, 0.29) is 35.5 Å². The number of carbonyl (C=O) groups excluding carboxylic acids is 1. The lowest BCUT2D eigenvalue weighted by Gasteiger charge is -2.44. The largest absolute Gasteiger partial charge is 0.378 e. The maximum Gasteiger partial charge on any atom is 0.234 e. The standard InChI is InChI=1S/C24H48ClN7O3/c1-4-5-6-7-11-32-17-18(25)15-28-23(32)21(22(26)30-32)24(33)29-19-16-27-9-8-20(19)35-14-13-34-12-10-31(2)3/h18-23,27-28,30H,4-17,26H2,1-3H3/p+1. The van der Waals surface area contributed by atoms with Crippen molar-refractivity contribution in [2.24, 2.45) is 11.7 Å². The zero-order valence-electron chi connectivity index (χ0n) is 21.9. The third kappa shape index (κ3) is 8.21. The van der Waals surface area contributed by atoms with Crippen LogP contribution >= 0.6 is 11.6 Å². The molecule has 0 bridgehead atoms. The lowest BCUT2D eigenvalue weighted by Crippen LogP contribution is -2.71. The number of piperidine rings is 1. The molecule has 7 unspecified atom stereocenters. The van der Waals surface area contributed by atoms with Gasteiger partial charge in [0.25, 0.3) is 0 Å². The maximum atomic E-state index is 13.6. The van der Waals surface area contributed by atoms with Crippen LogP contribution in [0, 0.1) is 5.92 Å². The Bertz CT molecular complexity index is 646. The van der Waals surface area contributed by atoms with Crippen LogP contribution in [0.3, 0.4) is 0 Å². The van der Waals surface area contributed by atoms with Gasteiger partial charge in [-0.25, -0.2) is 4.59 Å². The van der Waals surface area contributed by atoms with E-state index in [2.05, 4.69) is 33.2 Å². The lowest BCUT2D eigenvalue weighted by atomic mass is 9.97. The molecule has 3 fully saturated rings. The van der Waals surface area contributed by atoms with Gasteiger partial charge >= 0.3 is 0 Å². The summed E-state index contributed by atoms with van der Waals surface area (Å²) < 4.78 is 12.4. The van der Waals surface area contributed by atoms with E-state index in [0.29, 0.717) is 37.5 Å². The minimum absolute atomic E-state index is 0.0132. The Labute approximate surface area is 216 Å². The molecule has 11 heteroatoms. The molecule has 0 aromatic carbocycles. The van der Waals surface area contributed by atoms with Gasteiger partial charge in [-0.2, -0.15) is 0 Å². The molecule has 3 heterocycles. The number of nitrogens with two attached hydrogens (primary N) is 1. The van der Waals surface area contributed by atoms with Crippen molar-refractivity contribution in [2.45, 2.75) is 68.9 Å². The number of amides is 1. The van der Waals surface area contributed by atoms with E-state index in [4.69, 9.17) is 26.8 Å². The van der Waals surface area contributed by atoms with Gasteiger partial charge in [0.1, 0.15) is 18.6 Å². The van der Waals surface area contributed by atoms with Gasteiger partial charge < -0.3 is 30.7 Å². The van der Waals surface area contributed by atoms with Crippen LogP contribution in [-0.2, 0) is 14.3 Å². The molecule has 10 nitrogen and oxygen atoms in total. The molecule has 6 N–H and O–H groups in total. The quantitative estimate of drug-likeness (QED) is 0.122. The van der Waals surface area contributed by atoms with Crippen LogP contribution in [0.15, 0.2) is 0 Å². The zero-order chi connectivity index (χ0) is 25.3. The van der Waals surface area contributed by atoms with Crippen LogP contribution in [0.4, 0.5) is 0 Å². The van der Waals surface area contributed by atoms with E-state index in [9.17, 15) is 4.79 Å². The summed E-state index contributed by atoms with van der Waals surface area (Å²) in [4.78, 5) is 15.7. The second-order valence-electron chi connectivity index (χ2n) is 10.6. The molecule has 204 valence electrons. The van der Waals surface area contributed by atoms with E-state index < -0.39 is 6.17 Å². The number of hydrogen-bond donors (Lipinski definition) is 5. The van der Waals surface area contributed by atoms with Gasteiger partial charge in [-0.15, -0.1) is 17.0 Å². The van der Waals surface area contributed by atoms with Crippen molar-refractivity contribution in [2.75, 3.05) is 73.2 Å². The first-order valence-corrected chi connectivity index (χ1v) is 13.9. The monoisotopic (exact) mass is 518 g/mol. The van der Waals surface area contributed by atoms with Crippen molar-refractivity contribution in [1.82, 2.24) is 26.3 Å². The summed E-state index contributed by atoms with van der Waals surface area (Å²) in [5, 5.41) is 10.2. The SMILES string of the molecule is CCCCCC[N+]12CC(Cl)CNC1C(C(=O)NC1CNCCC1OCCOCCN(C)C)C(N)N2. The fraction of sp³-hybridized carbons (Fsp3) is 0.958. The molecule has 1 amide bonds. The number of halogens is 1. The van der Waals surface area contributed by atoms with E-state index in [0.717, 1.165) is 39.0 Å². The van der Waals surface area contributed by atoms with E-state index >= 15 is 0 Å². The molecular weight excluding hydrogens is 470 g/mol. The van der Waals surface area contributed by atoms with Crippen molar-refractivity contribution in [3.8, 4) is 0 Å². The molecule has 0 aromatic rings. The fourth-order valence-electron chi connectivity index (χ4n) is 5.58. The van der Waals surface area contributed by atoms with Crippen molar-refractivity contribution in [1.29, 1.82) is 0 Å². The first-order chi connectivity index (χ1) is 16.9. The van der Waals surface area contributed by atoms with E-state index in [1.165, 1.54) is 19.3 Å². The van der Waals surface area contributed by atoms with E-state index in [1.54, 1.807) is 0 Å². The summed E-state index contributed by atoms with van der Waals surface area (Å²) in [7, 11) is 4.06. The van der Waals surface area contributed by atoms with Gasteiger partial charge in [-0.1, -0.05) is 19.8 Å². The molecule has 3 aliphatic heterocycles. The lowest BCUT2D eigenvalue weighted by molar-refractivity contribution is -0.987. The second kappa shape index (κ2) is 14.4. The third-order valence-corrected chi connectivity index (χ3v) is 7.73. The highest BCUT2D eigenvalue weighted by atomic mass is 35.5. The molecule has 0 spiro atoms. The predicted octanol–water partition coefficient (Wildman–Crippen LogP) is -0.219. The molecule has 3 rings (SSSR count). The molecular formula is C24H49ClN7O3+. The normalized spacial score (nSPS) is 35.3. The molecule has 3 saturated heterocycles. The van der Waals surface area contributed by atoms with Gasteiger partial charge in [-0.05, 0) is 39.9 Å². The summed E-state index contributed by atoms with van der Waals surface area (Å²) in [5.74, 6) is -0.393. The number of nitrogens with one attached hydrogen (secondary N) is 4. The molecule has 0 saturated carbocycles. The highest BCUT2D eigenvalue weighted by molar-refractivity contribution is 6.21. The minimum Gasteiger partial charge on any atom is -0.378 e. The molecule has 35 heavy (non-hydrogen) atoms. The summed E-state index contributed by atoms with van der Waals surface area (Å²) in [6.45, 7) is 8.81. The summed E-state index contributed by atoms with van der Waals surface area (Å²) in [5.41, 5.74) is 10.1. The average molecular weight is 519 g/mol. The topological polar surface area (TPSA) is 113 Å². The van der Waals surface area contributed by atoms with E-state index in [1.807, 2.05) is 14.1 Å². The number of nitrogens with zero attached hydrogens (tertiary/aromatic N) is 2. The number of ether oxygens (including phenoxy) is 2. The van der Waals surface area contributed by atoms with Gasteiger partial charge in [0, 0.05) is 19.6 Å². The Morgan fingerprint density at radius 3 is 2.80 bits per heavy atom. The van der Waals surface area contributed by atoms with Crippen molar-refractivity contribution in [3.63, 3.8) is 0 Å². The van der Waals surface area contributed by atoms with Gasteiger partial charge in [0.2, 0.25) is 5.91 Å². The zero-order valence-corrected chi connectivity index (χ0v) is 22.7. The number of quaternary nitrogens is 1. The predicted molar refractivity (Wildman–Crippen MR) is 139 cm³/mol. The molecule has 7 atom stereocenters. The number of rotatable bonds is 14. The highest BCUT2D eigenvalue weighted by Gasteiger charge is 2.58. The first kappa shape index (κ1) is 29.0. The number of alkyl halides is 1. The van der Waals surface area contributed by atoms with Gasteiger partial charge in [0.15, 0.2) is 6.17 Å². The van der Waals surface area contributed by atoms with Crippen LogP contribution in [0.1, 0.15) is 39.0 Å². The van der Waals surface area contributed by atoms with Gasteiger partial charge in [-0.3, -0.25) is 10.1 Å². The second-order valence-corrected chi connectivity index (χ2v) is 11.2. The van der Waals surface area contributed by atoms with Crippen LogP contribution in [0.5, 0.6) is 0 Å². The maximum absolute atomic E-state index is 13.6. The summed E-state index contributed by atoms with van der Waals surface area (Å²) in [6, 6.07) is -0.0957. The van der Waals surface area contributed by atoms with Crippen molar-refractivity contribution in [3.05, 3.63) is 0 Å². The number of hydrogen-bond acceptors (Lipinski definition) is 8. The van der Waals surface area contributed by atoms with Crippen molar-refractivity contribution >= 4 is 17.5 Å². The van der Waals surface area contributed by atoms with Crippen LogP contribution < -0.4 is 27.1 Å². The Hall–Kier alpha value is -0.560. The van der Waals surface area contributed by atoms with Gasteiger partial charge in [0.05, 0.1) is 43.9 Å². The molecule has 0 radical (unpaired) electrons. The minimum atomic E-state index is -0.429. The summed E-state index contributed by atoms with van der Waals surface area (Å²) in [6.07, 6.45) is 4.98. The number of fused-ring (bicyclic) bond motifs is 1. The molecule has 0 aromatic heterocycles. The van der Waals surface area contributed by atoms with Crippen LogP contribution in [-0.4, -0.2) is 118 Å². The van der Waals surface area contributed by atoms with Crippen LogP contribution in [0.2, 0.25) is 0 Å². The Morgan fingerprint density at radius 1 is 1.20 bits per heavy atom. The molecule has 3 aliphatic rings. The first-order valence-electron chi connectivity index (χ1n) is 13.5. The number of carbonyl (C=O) groups is 1. The Kier molecular flexibility index (Phi) is 11.9. The van der Waals surface area contributed by atoms with Crippen LogP contribution in [0.25, 0.3) is 0 Å². The summed E-state index contributed by atoms with van der Waals surface area (Å²) >= 11 is 6.56. The Balaban J connectivity index is 1.55. The van der Waals surface area contributed by atoms with Crippen molar-refractivity contribution < 1.29 is 18.9 Å². The molecule has 0 aliphatic carbocycles. The highest BCUT2D eigenvalue weighted by Crippen LogP contribution is 2.31. The average Bonchev–Trinajstić information content (AvgIpc) is 3.10. The number of unbranched alkanes of at least 4 members (excludes halogenated alkanes) is 3. The third-order valence-electron chi connectivity index (χ3n) is 7.44.